The van der Waals surface area contributed by atoms with Crippen molar-refractivity contribution in [3.8, 4) is 5.75 Å². The molecule has 6 heteroatoms. The summed E-state index contributed by atoms with van der Waals surface area (Å²) in [5.74, 6) is 0.522. The van der Waals surface area contributed by atoms with E-state index < -0.39 is 10.1 Å². The van der Waals surface area contributed by atoms with Gasteiger partial charge in [-0.3, -0.25) is 0 Å². The van der Waals surface area contributed by atoms with Gasteiger partial charge in [-0.15, -0.1) is 0 Å². The lowest BCUT2D eigenvalue weighted by Gasteiger charge is -2.24. The van der Waals surface area contributed by atoms with Crippen molar-refractivity contribution in [3.05, 3.63) is 29.3 Å². The zero-order chi connectivity index (χ0) is 12.2. The Morgan fingerprint density at radius 2 is 1.75 bits per heavy atom. The third-order valence-electron chi connectivity index (χ3n) is 1.64. The quantitative estimate of drug-likeness (QED) is 0.604. The van der Waals surface area contributed by atoms with E-state index in [2.05, 4.69) is 0 Å². The summed E-state index contributed by atoms with van der Waals surface area (Å²) in [6.45, 7) is 2.17. The van der Waals surface area contributed by atoms with Gasteiger partial charge in [-0.25, -0.2) is 0 Å². The lowest BCUT2D eigenvalue weighted by Crippen LogP contribution is -2.34. The predicted octanol–water partition coefficient (Wildman–Crippen LogP) is 4.45. The van der Waals surface area contributed by atoms with Gasteiger partial charge in [-0.2, -0.15) is 0 Å². The average Bonchev–Trinajstić information content (AvgIpc) is 2.19. The van der Waals surface area contributed by atoms with E-state index in [1.807, 2.05) is 0 Å². The molecule has 0 spiro atoms. The molecule has 0 bridgehead atoms. The van der Waals surface area contributed by atoms with Crippen LogP contribution >= 0.6 is 46.4 Å². The highest BCUT2D eigenvalue weighted by Gasteiger charge is 2.35. The molecule has 0 radical (unpaired) electrons. The molecule has 16 heavy (non-hydrogen) atoms. The van der Waals surface area contributed by atoms with Crippen molar-refractivity contribution in [1.82, 2.24) is 0 Å². The SMILES string of the molecule is CCO[C@H](Oc1ccc(Cl)cc1)C(Cl)(Cl)Cl. The molecule has 90 valence electrons. The highest BCUT2D eigenvalue weighted by atomic mass is 35.6. The number of alkyl halides is 3. The number of ether oxygens (including phenoxy) is 2. The molecule has 0 unspecified atom stereocenters. The molecule has 0 aliphatic heterocycles. The predicted molar refractivity (Wildman–Crippen MR) is 67.8 cm³/mol. The lowest BCUT2D eigenvalue weighted by atomic mass is 10.3. The van der Waals surface area contributed by atoms with Crippen LogP contribution in [0.5, 0.6) is 5.75 Å². The summed E-state index contributed by atoms with van der Waals surface area (Å²) in [4.78, 5) is 0. The van der Waals surface area contributed by atoms with E-state index in [1.165, 1.54) is 0 Å². The molecule has 0 aliphatic carbocycles. The van der Waals surface area contributed by atoms with Crippen LogP contribution in [0.3, 0.4) is 0 Å². The van der Waals surface area contributed by atoms with Gasteiger partial charge in [0.1, 0.15) is 5.75 Å². The first-order valence-electron chi connectivity index (χ1n) is 4.54. The Kier molecular flexibility index (Phi) is 5.48. The van der Waals surface area contributed by atoms with Crippen LogP contribution in [-0.4, -0.2) is 16.7 Å². The van der Waals surface area contributed by atoms with Gasteiger partial charge in [0.2, 0.25) is 6.29 Å². The molecular weight excluding hydrogens is 294 g/mol. The number of rotatable bonds is 4. The molecule has 2 nitrogen and oxygen atoms in total. The molecule has 0 saturated carbocycles. The summed E-state index contributed by atoms with van der Waals surface area (Å²) in [6.07, 6.45) is -0.955. The van der Waals surface area contributed by atoms with Crippen LogP contribution in [0.2, 0.25) is 5.02 Å². The Morgan fingerprint density at radius 3 is 2.19 bits per heavy atom. The zero-order valence-corrected chi connectivity index (χ0v) is 11.4. The van der Waals surface area contributed by atoms with Gasteiger partial charge in [0.25, 0.3) is 3.79 Å². The molecule has 0 heterocycles. The first-order chi connectivity index (χ1) is 7.43. The summed E-state index contributed by atoms with van der Waals surface area (Å²) in [6, 6.07) is 6.70. The van der Waals surface area contributed by atoms with Crippen LogP contribution in [0.1, 0.15) is 6.92 Å². The smallest absolute Gasteiger partial charge is 0.252 e. The van der Waals surface area contributed by atoms with Crippen molar-refractivity contribution in [2.24, 2.45) is 0 Å². The fourth-order valence-electron chi connectivity index (χ4n) is 0.983. The van der Waals surface area contributed by atoms with Crippen LogP contribution in [0.4, 0.5) is 0 Å². The molecule has 0 amide bonds. The van der Waals surface area contributed by atoms with E-state index in [0.717, 1.165) is 0 Å². The zero-order valence-electron chi connectivity index (χ0n) is 8.42. The van der Waals surface area contributed by atoms with Gasteiger partial charge >= 0.3 is 0 Å². The van der Waals surface area contributed by atoms with Crippen molar-refractivity contribution in [1.29, 1.82) is 0 Å². The van der Waals surface area contributed by atoms with Gasteiger partial charge < -0.3 is 9.47 Å². The van der Waals surface area contributed by atoms with E-state index >= 15 is 0 Å². The first-order valence-corrected chi connectivity index (χ1v) is 6.05. The van der Waals surface area contributed by atoms with Gasteiger partial charge in [0.15, 0.2) is 0 Å². The van der Waals surface area contributed by atoms with Crippen molar-refractivity contribution >= 4 is 46.4 Å². The second-order valence-electron chi connectivity index (χ2n) is 2.90. The van der Waals surface area contributed by atoms with Crippen molar-refractivity contribution in [3.63, 3.8) is 0 Å². The van der Waals surface area contributed by atoms with Crippen molar-refractivity contribution < 1.29 is 9.47 Å². The molecule has 0 fully saturated rings. The van der Waals surface area contributed by atoms with Crippen molar-refractivity contribution in [2.45, 2.75) is 17.0 Å². The minimum Gasteiger partial charge on any atom is -0.460 e. The summed E-state index contributed by atoms with van der Waals surface area (Å²) in [5, 5.41) is 0.606. The third-order valence-corrected chi connectivity index (χ3v) is 2.43. The Labute approximate surface area is 114 Å². The summed E-state index contributed by atoms with van der Waals surface area (Å²) < 4.78 is 8.94. The van der Waals surface area contributed by atoms with Gasteiger partial charge in [0, 0.05) is 11.6 Å². The summed E-state index contributed by atoms with van der Waals surface area (Å²) in [7, 11) is 0. The maximum atomic E-state index is 5.73. The Bertz CT molecular complexity index is 321. The molecule has 0 saturated heterocycles. The Balaban J connectivity index is 2.72. The second-order valence-corrected chi connectivity index (χ2v) is 5.71. The van der Waals surface area contributed by atoms with Crippen LogP contribution in [0.15, 0.2) is 24.3 Å². The van der Waals surface area contributed by atoms with Crippen LogP contribution in [0.25, 0.3) is 0 Å². The van der Waals surface area contributed by atoms with E-state index in [4.69, 9.17) is 55.9 Å². The normalized spacial score (nSPS) is 13.6. The van der Waals surface area contributed by atoms with Crippen LogP contribution < -0.4 is 4.74 Å². The van der Waals surface area contributed by atoms with E-state index in [1.54, 1.807) is 31.2 Å². The van der Waals surface area contributed by atoms with E-state index in [-0.39, 0.29) is 0 Å². The fraction of sp³-hybridized carbons (Fsp3) is 0.400. The highest BCUT2D eigenvalue weighted by Crippen LogP contribution is 2.33. The highest BCUT2D eigenvalue weighted by molar-refractivity contribution is 6.67. The van der Waals surface area contributed by atoms with E-state index in [0.29, 0.717) is 17.4 Å². The minimum atomic E-state index is -1.64. The molecule has 1 aromatic rings. The average molecular weight is 304 g/mol. The molecule has 0 N–H and O–H groups in total. The monoisotopic (exact) mass is 302 g/mol. The number of hydrogen-bond donors (Lipinski definition) is 0. The number of hydrogen-bond acceptors (Lipinski definition) is 2. The maximum absolute atomic E-state index is 5.73. The molecular formula is C10H10Cl4O2. The summed E-state index contributed by atoms with van der Waals surface area (Å²) >= 11 is 22.9. The molecule has 0 aliphatic rings. The Hall–Kier alpha value is 0.140. The number of benzene rings is 1. The lowest BCUT2D eigenvalue weighted by molar-refractivity contribution is -0.0718. The number of halogens is 4. The second kappa shape index (κ2) is 6.18. The standard InChI is InChI=1S/C10H10Cl4O2/c1-2-15-9(10(12,13)14)16-8-5-3-7(11)4-6-8/h3-6,9H,2H2,1H3/t9-/m1/s1. The van der Waals surface area contributed by atoms with Gasteiger partial charge in [-0.1, -0.05) is 46.4 Å². The molecule has 1 aromatic carbocycles. The van der Waals surface area contributed by atoms with Crippen LogP contribution in [-0.2, 0) is 4.74 Å². The van der Waals surface area contributed by atoms with Crippen molar-refractivity contribution in [2.75, 3.05) is 6.61 Å². The van der Waals surface area contributed by atoms with Crippen LogP contribution in [0, 0.1) is 0 Å². The minimum absolute atomic E-state index is 0.381. The maximum Gasteiger partial charge on any atom is 0.252 e. The first kappa shape index (κ1) is 14.2. The topological polar surface area (TPSA) is 18.5 Å². The van der Waals surface area contributed by atoms with E-state index in [9.17, 15) is 0 Å². The third kappa shape index (κ3) is 4.56. The molecule has 1 rings (SSSR count). The van der Waals surface area contributed by atoms with Gasteiger partial charge in [0.05, 0.1) is 0 Å². The Morgan fingerprint density at radius 1 is 1.19 bits per heavy atom. The summed E-state index contributed by atoms with van der Waals surface area (Å²) in [5.41, 5.74) is 0. The fourth-order valence-corrected chi connectivity index (χ4v) is 1.43. The largest absolute Gasteiger partial charge is 0.460 e. The molecule has 0 aromatic heterocycles. The molecule has 1 atom stereocenters. The van der Waals surface area contributed by atoms with Gasteiger partial charge in [-0.05, 0) is 31.2 Å².